The predicted octanol–water partition coefficient (Wildman–Crippen LogP) is -0.787. The zero-order valence-corrected chi connectivity index (χ0v) is 19.3. The van der Waals surface area contributed by atoms with Crippen molar-refractivity contribution < 1.29 is 38.5 Å². The van der Waals surface area contributed by atoms with E-state index in [-0.39, 0.29) is 24.5 Å². The lowest BCUT2D eigenvalue weighted by molar-refractivity contribution is -0.258. The van der Waals surface area contributed by atoms with Gasteiger partial charge in [0.2, 0.25) is 11.3 Å². The zero-order valence-electron chi connectivity index (χ0n) is 18.5. The molecule has 0 spiro atoms. The van der Waals surface area contributed by atoms with E-state index >= 15 is 0 Å². The molecule has 15 heteroatoms. The molecule has 2 amide bonds. The van der Waals surface area contributed by atoms with Gasteiger partial charge in [-0.15, -0.1) is 5.10 Å². The number of carboxylic acids is 1. The van der Waals surface area contributed by atoms with Crippen LogP contribution in [0, 0.1) is 0 Å². The van der Waals surface area contributed by atoms with Gasteiger partial charge in [-0.3, -0.25) is 19.3 Å². The molecular formula is C20H20N6O8S. The topological polar surface area (TPSA) is 175 Å². The van der Waals surface area contributed by atoms with Crippen LogP contribution in [0.25, 0.3) is 0 Å². The molecule has 1 fully saturated rings. The second-order valence-corrected chi connectivity index (χ2v) is 8.36. The van der Waals surface area contributed by atoms with Gasteiger partial charge in [0.15, 0.2) is 6.23 Å². The van der Waals surface area contributed by atoms with Crippen molar-refractivity contribution in [3.63, 3.8) is 0 Å². The number of aromatic nitrogens is 4. The average molecular weight is 504 g/mol. The number of nitrogens with zero attached hydrogens (tertiary/aromatic N) is 5. The molecule has 184 valence electrons. The summed E-state index contributed by atoms with van der Waals surface area (Å²) in [5.74, 6) is -2.90. The molecule has 0 radical (unpaired) electrons. The quantitative estimate of drug-likeness (QED) is 0.179. The van der Waals surface area contributed by atoms with Crippen LogP contribution in [-0.4, -0.2) is 85.9 Å². The fourth-order valence-electron chi connectivity index (χ4n) is 3.77. The Balaban J connectivity index is 1.57. The number of fused-ring (bicyclic) bond motifs is 1. The zero-order chi connectivity index (χ0) is 25.2. The normalized spacial score (nSPS) is 22.2. The molecule has 0 bridgehead atoms. The number of tetrazole rings is 1. The third-order valence-electron chi connectivity index (χ3n) is 5.43. The highest BCUT2D eigenvalue weighted by Crippen LogP contribution is 2.41. The Bertz CT molecular complexity index is 1190. The maximum Gasteiger partial charge on any atom is 0.352 e. The Hall–Kier alpha value is -3.82. The highest BCUT2D eigenvalue weighted by atomic mass is 32.2. The van der Waals surface area contributed by atoms with Crippen LogP contribution in [0.1, 0.15) is 11.7 Å². The van der Waals surface area contributed by atoms with Gasteiger partial charge in [0.05, 0.1) is 6.61 Å². The summed E-state index contributed by atoms with van der Waals surface area (Å²) < 4.78 is 17.5. The summed E-state index contributed by atoms with van der Waals surface area (Å²) in [4.78, 5) is 50.2. The molecule has 1 saturated heterocycles. The SMILES string of the molecule is CO[C@@]1(NC(=O)[C@H](OC=O)c2ccccc2)C(=O)N2C(C(=O)O)=C(CSc3nnnn3C)CO[C@@H]21. The number of rotatable bonds is 10. The summed E-state index contributed by atoms with van der Waals surface area (Å²) in [6, 6.07) is 8.16. The van der Waals surface area contributed by atoms with E-state index in [0.717, 1.165) is 4.90 Å². The number of carboxylic acid groups (broad SMARTS) is 1. The molecule has 1 aromatic heterocycles. The number of carbonyl (C=O) groups is 4. The number of nitrogens with one attached hydrogen (secondary N) is 1. The van der Waals surface area contributed by atoms with Crippen molar-refractivity contribution in [3.8, 4) is 0 Å². The number of hydrogen-bond acceptors (Lipinski definition) is 11. The smallest absolute Gasteiger partial charge is 0.352 e. The molecule has 35 heavy (non-hydrogen) atoms. The lowest BCUT2D eigenvalue weighted by atomic mass is 9.94. The van der Waals surface area contributed by atoms with E-state index in [0.29, 0.717) is 16.3 Å². The van der Waals surface area contributed by atoms with Gasteiger partial charge in [-0.05, 0) is 16.0 Å². The predicted molar refractivity (Wildman–Crippen MR) is 115 cm³/mol. The number of benzene rings is 1. The summed E-state index contributed by atoms with van der Waals surface area (Å²) >= 11 is 1.17. The Morgan fingerprint density at radius 3 is 2.74 bits per heavy atom. The fraction of sp³-hybridized carbons (Fsp3) is 0.350. The van der Waals surface area contributed by atoms with Gasteiger partial charge in [0.1, 0.15) is 5.70 Å². The minimum atomic E-state index is -2.01. The first-order valence-electron chi connectivity index (χ1n) is 10.1. The lowest BCUT2D eigenvalue weighted by Gasteiger charge is -2.55. The number of methoxy groups -OCH3 is 1. The first kappa shape index (κ1) is 24.3. The fourth-order valence-corrected chi connectivity index (χ4v) is 4.61. The van der Waals surface area contributed by atoms with Crippen molar-refractivity contribution in [2.75, 3.05) is 19.5 Å². The number of hydrogen-bond donors (Lipinski definition) is 2. The van der Waals surface area contributed by atoms with Crippen LogP contribution < -0.4 is 5.32 Å². The highest BCUT2D eigenvalue weighted by Gasteiger charge is 2.67. The molecule has 2 N–H and O–H groups in total. The first-order chi connectivity index (χ1) is 16.8. The van der Waals surface area contributed by atoms with Crippen molar-refractivity contribution >= 4 is 36.0 Å². The van der Waals surface area contributed by atoms with Crippen LogP contribution in [-0.2, 0) is 40.4 Å². The Kier molecular flexibility index (Phi) is 6.81. The van der Waals surface area contributed by atoms with E-state index in [1.54, 1.807) is 37.4 Å². The van der Waals surface area contributed by atoms with Gasteiger partial charge < -0.3 is 24.6 Å². The van der Waals surface area contributed by atoms with Crippen molar-refractivity contribution in [1.29, 1.82) is 0 Å². The largest absolute Gasteiger partial charge is 0.477 e. The van der Waals surface area contributed by atoms with E-state index in [2.05, 4.69) is 20.8 Å². The van der Waals surface area contributed by atoms with Gasteiger partial charge in [-0.25, -0.2) is 9.48 Å². The summed E-state index contributed by atoms with van der Waals surface area (Å²) in [7, 11) is 2.81. The van der Waals surface area contributed by atoms with Gasteiger partial charge in [0, 0.05) is 25.5 Å². The summed E-state index contributed by atoms with van der Waals surface area (Å²) in [6.07, 6.45) is -2.62. The standard InChI is InChI=1S/C20H20N6O8S/c1-25-19(22-23-24-25)35-9-12-8-33-18-20(32-2,17(31)26(18)13(12)16(29)30)21-15(28)14(34-10-27)11-6-4-3-5-7-11/h3-7,10,14,18H,8-9H2,1-2H3,(H,21,28)(H,29,30)/t14-,18-,20+/m1/s1. The minimum Gasteiger partial charge on any atom is -0.477 e. The lowest BCUT2D eigenvalue weighted by Crippen LogP contribution is -2.82. The maximum atomic E-state index is 13.2. The second kappa shape index (κ2) is 9.81. The number of β-lactam (4-membered cyclic amide) rings is 1. The molecule has 2 aliphatic heterocycles. The van der Waals surface area contributed by atoms with E-state index in [4.69, 9.17) is 14.2 Å². The van der Waals surface area contributed by atoms with Crippen LogP contribution in [0.3, 0.4) is 0 Å². The van der Waals surface area contributed by atoms with Crippen LogP contribution >= 0.6 is 11.8 Å². The molecule has 14 nitrogen and oxygen atoms in total. The summed E-state index contributed by atoms with van der Waals surface area (Å²) in [6.45, 7) is -0.0349. The number of thioether (sulfide) groups is 1. The summed E-state index contributed by atoms with van der Waals surface area (Å²) in [5.41, 5.74) is -1.61. The monoisotopic (exact) mass is 504 g/mol. The molecule has 0 aliphatic carbocycles. The molecular weight excluding hydrogens is 484 g/mol. The van der Waals surface area contributed by atoms with E-state index in [1.807, 2.05) is 0 Å². The minimum absolute atomic E-state index is 0.116. The Morgan fingerprint density at radius 2 is 2.14 bits per heavy atom. The molecule has 0 saturated carbocycles. The highest BCUT2D eigenvalue weighted by molar-refractivity contribution is 7.99. The molecule has 0 unspecified atom stereocenters. The number of ether oxygens (including phenoxy) is 3. The number of aryl methyl sites for hydroxylation is 1. The number of aliphatic carboxylic acids is 1. The summed E-state index contributed by atoms with van der Waals surface area (Å²) in [5, 5.41) is 23.8. The Labute approximate surface area is 202 Å². The number of carbonyl (C=O) groups excluding carboxylic acids is 3. The maximum absolute atomic E-state index is 13.2. The molecule has 3 atom stereocenters. The van der Waals surface area contributed by atoms with Crippen molar-refractivity contribution in [1.82, 2.24) is 30.4 Å². The van der Waals surface area contributed by atoms with Crippen molar-refractivity contribution in [2.24, 2.45) is 7.05 Å². The number of amides is 2. The van der Waals surface area contributed by atoms with Crippen molar-refractivity contribution in [2.45, 2.75) is 23.2 Å². The second-order valence-electron chi connectivity index (χ2n) is 7.42. The van der Waals surface area contributed by atoms with Crippen LogP contribution in [0.2, 0.25) is 0 Å². The first-order valence-corrected chi connectivity index (χ1v) is 11.1. The molecule has 3 heterocycles. The van der Waals surface area contributed by atoms with E-state index < -0.39 is 35.8 Å². The van der Waals surface area contributed by atoms with Gasteiger partial charge in [0.25, 0.3) is 24.0 Å². The van der Waals surface area contributed by atoms with Gasteiger partial charge in [-0.1, -0.05) is 42.1 Å². The molecule has 2 aromatic rings. The molecule has 1 aromatic carbocycles. The average Bonchev–Trinajstić information content (AvgIpc) is 3.28. The Morgan fingerprint density at radius 1 is 1.40 bits per heavy atom. The third kappa shape index (κ3) is 4.24. The van der Waals surface area contributed by atoms with E-state index in [1.165, 1.54) is 23.6 Å². The third-order valence-corrected chi connectivity index (χ3v) is 6.53. The molecule has 2 aliphatic rings. The molecule has 4 rings (SSSR count). The van der Waals surface area contributed by atoms with Crippen LogP contribution in [0.4, 0.5) is 0 Å². The van der Waals surface area contributed by atoms with Crippen LogP contribution in [0.5, 0.6) is 0 Å². The van der Waals surface area contributed by atoms with E-state index in [9.17, 15) is 24.3 Å². The van der Waals surface area contributed by atoms with Crippen LogP contribution in [0.15, 0.2) is 46.8 Å². The van der Waals surface area contributed by atoms with Gasteiger partial charge in [-0.2, -0.15) is 0 Å². The van der Waals surface area contributed by atoms with Gasteiger partial charge >= 0.3 is 5.97 Å². The van der Waals surface area contributed by atoms with Crippen molar-refractivity contribution in [3.05, 3.63) is 47.2 Å².